The molecular formula is C31H25F6N5O2. The molecule has 228 valence electrons. The van der Waals surface area contributed by atoms with Crippen molar-refractivity contribution in [1.82, 2.24) is 20.1 Å². The van der Waals surface area contributed by atoms with Gasteiger partial charge in [-0.3, -0.25) is 19.3 Å². The maximum absolute atomic E-state index is 14.4. The molecule has 1 atom stereocenters. The lowest BCUT2D eigenvalue weighted by molar-refractivity contribution is -0.142. The molecule has 13 heteroatoms. The zero-order chi connectivity index (χ0) is 31.8. The van der Waals surface area contributed by atoms with Crippen LogP contribution in [0.25, 0.3) is 16.8 Å². The van der Waals surface area contributed by atoms with E-state index in [-0.39, 0.29) is 58.8 Å². The number of carbonyl (C=O) groups excluding carboxylic acids is 2. The SMILES string of the molecule is C=C(N)c1cc(-c2cccnc2[C@H](Cc2cc(F)cc(F)c2)NC(=O)Cn2nc(C(F)(F)F)c3c2CCC(=O)C3)ccc1F. The topological polar surface area (TPSA) is 103 Å². The number of nitrogens with one attached hydrogen (secondary N) is 1. The van der Waals surface area contributed by atoms with Gasteiger partial charge >= 0.3 is 6.18 Å². The average Bonchev–Trinajstić information content (AvgIpc) is 3.30. The van der Waals surface area contributed by atoms with Crippen molar-refractivity contribution >= 4 is 17.4 Å². The third-order valence-electron chi connectivity index (χ3n) is 7.23. The van der Waals surface area contributed by atoms with Gasteiger partial charge in [-0.1, -0.05) is 18.7 Å². The van der Waals surface area contributed by atoms with Gasteiger partial charge in [0.2, 0.25) is 5.91 Å². The average molecular weight is 614 g/mol. The molecule has 1 aliphatic rings. The minimum absolute atomic E-state index is 0.0115. The minimum atomic E-state index is -4.83. The monoisotopic (exact) mass is 613 g/mol. The molecule has 1 amide bonds. The van der Waals surface area contributed by atoms with Crippen LogP contribution < -0.4 is 11.1 Å². The van der Waals surface area contributed by atoms with Gasteiger partial charge in [-0.2, -0.15) is 18.3 Å². The number of ketones is 1. The van der Waals surface area contributed by atoms with Gasteiger partial charge in [0, 0.05) is 53.2 Å². The van der Waals surface area contributed by atoms with Crippen molar-refractivity contribution in [2.75, 3.05) is 0 Å². The largest absolute Gasteiger partial charge is 0.435 e. The molecule has 0 radical (unpaired) electrons. The third kappa shape index (κ3) is 6.51. The Kier molecular flexibility index (Phi) is 8.31. The molecule has 1 aliphatic carbocycles. The Balaban J connectivity index is 1.53. The van der Waals surface area contributed by atoms with E-state index in [1.165, 1.54) is 24.4 Å². The van der Waals surface area contributed by atoms with E-state index in [1.54, 1.807) is 12.1 Å². The van der Waals surface area contributed by atoms with Gasteiger partial charge in [0.25, 0.3) is 0 Å². The number of alkyl halides is 3. The van der Waals surface area contributed by atoms with Crippen molar-refractivity contribution in [3.05, 3.63) is 113 Å². The van der Waals surface area contributed by atoms with E-state index in [2.05, 4.69) is 22.0 Å². The zero-order valence-electron chi connectivity index (χ0n) is 23.0. The quantitative estimate of drug-likeness (QED) is 0.257. The van der Waals surface area contributed by atoms with Crippen LogP contribution >= 0.6 is 0 Å². The lowest BCUT2D eigenvalue weighted by Crippen LogP contribution is -2.34. The van der Waals surface area contributed by atoms with E-state index in [4.69, 9.17) is 5.73 Å². The van der Waals surface area contributed by atoms with Gasteiger partial charge in [-0.05, 0) is 54.3 Å². The molecule has 0 aliphatic heterocycles. The van der Waals surface area contributed by atoms with Crippen molar-refractivity contribution in [2.45, 2.75) is 44.4 Å². The highest BCUT2D eigenvalue weighted by atomic mass is 19.4. The molecule has 2 aromatic heterocycles. The Morgan fingerprint density at radius 3 is 2.48 bits per heavy atom. The van der Waals surface area contributed by atoms with Gasteiger partial charge in [0.1, 0.15) is 29.8 Å². The number of hydrogen-bond donors (Lipinski definition) is 2. The number of pyridine rings is 1. The Morgan fingerprint density at radius 1 is 1.07 bits per heavy atom. The van der Waals surface area contributed by atoms with E-state index >= 15 is 0 Å². The fraction of sp³-hybridized carbons (Fsp3) is 0.226. The van der Waals surface area contributed by atoms with Crippen molar-refractivity contribution in [2.24, 2.45) is 5.73 Å². The Morgan fingerprint density at radius 2 is 1.80 bits per heavy atom. The van der Waals surface area contributed by atoms with Crippen molar-refractivity contribution in [1.29, 1.82) is 0 Å². The van der Waals surface area contributed by atoms with E-state index in [0.717, 1.165) is 16.8 Å². The zero-order valence-corrected chi connectivity index (χ0v) is 23.0. The van der Waals surface area contributed by atoms with Crippen molar-refractivity contribution in [3.63, 3.8) is 0 Å². The summed E-state index contributed by atoms with van der Waals surface area (Å²) in [4.78, 5) is 29.7. The molecule has 0 spiro atoms. The van der Waals surface area contributed by atoms with Crippen molar-refractivity contribution in [3.8, 4) is 11.1 Å². The first-order valence-electron chi connectivity index (χ1n) is 13.4. The summed E-state index contributed by atoms with van der Waals surface area (Å²) in [5, 5.41) is 6.35. The highest BCUT2D eigenvalue weighted by Crippen LogP contribution is 2.35. The predicted octanol–water partition coefficient (Wildman–Crippen LogP) is 5.47. The van der Waals surface area contributed by atoms with Crippen LogP contribution in [0, 0.1) is 17.5 Å². The second kappa shape index (κ2) is 12.0. The molecule has 2 aromatic carbocycles. The first-order valence-corrected chi connectivity index (χ1v) is 13.4. The number of carbonyl (C=O) groups is 2. The number of nitrogens with two attached hydrogens (primary N) is 1. The fourth-order valence-corrected chi connectivity index (χ4v) is 5.34. The number of fused-ring (bicyclic) bond motifs is 1. The lowest BCUT2D eigenvalue weighted by Gasteiger charge is -2.22. The van der Waals surface area contributed by atoms with E-state index in [9.17, 15) is 35.9 Å². The number of hydrogen-bond acceptors (Lipinski definition) is 5. The summed E-state index contributed by atoms with van der Waals surface area (Å²) in [6.45, 7) is 2.95. The smallest absolute Gasteiger partial charge is 0.399 e. The predicted molar refractivity (Wildman–Crippen MR) is 148 cm³/mol. The lowest BCUT2D eigenvalue weighted by atomic mass is 9.94. The standard InChI is InChI=1S/C31H25F6N5O2/c1-16(38)23-12-18(4-6-25(23)34)22-3-2-8-39-29(22)26(11-17-9-19(32)13-20(33)10-17)40-28(44)15-42-27-7-5-21(43)14-24(27)30(41-42)31(35,36)37/h2-4,6,8-10,12-13,26H,1,5,7,11,14-15,38H2,(H,40,44)/t26-/m0/s1. The molecule has 0 bridgehead atoms. The molecule has 3 N–H and O–H groups in total. The van der Waals surface area contributed by atoms with Crippen LogP contribution in [0.4, 0.5) is 26.3 Å². The molecular weight excluding hydrogens is 588 g/mol. The van der Waals surface area contributed by atoms with Crippen LogP contribution in [-0.4, -0.2) is 26.5 Å². The van der Waals surface area contributed by atoms with Crippen LogP contribution in [-0.2, 0) is 41.6 Å². The molecule has 2 heterocycles. The minimum Gasteiger partial charge on any atom is -0.399 e. The number of Topliss-reactive ketones (excluding diaryl/α,β-unsaturated/α-hetero) is 1. The maximum atomic E-state index is 14.4. The highest BCUT2D eigenvalue weighted by molar-refractivity contribution is 5.83. The summed E-state index contributed by atoms with van der Waals surface area (Å²) in [6, 6.07) is 9.10. The molecule has 4 aromatic rings. The molecule has 0 unspecified atom stereocenters. The molecule has 5 rings (SSSR count). The Hall–Kier alpha value is -4.94. The summed E-state index contributed by atoms with van der Waals surface area (Å²) >= 11 is 0. The fourth-order valence-electron chi connectivity index (χ4n) is 5.34. The first-order chi connectivity index (χ1) is 20.8. The van der Waals surface area contributed by atoms with Crippen LogP contribution in [0.2, 0.25) is 0 Å². The van der Waals surface area contributed by atoms with E-state index in [0.29, 0.717) is 17.2 Å². The summed E-state index contributed by atoms with van der Waals surface area (Å²) < 4.78 is 84.6. The molecule has 0 saturated heterocycles. The Bertz CT molecular complexity index is 1760. The number of amides is 1. The highest BCUT2D eigenvalue weighted by Gasteiger charge is 2.41. The number of halogens is 6. The normalized spacial score (nSPS) is 13.8. The number of aromatic nitrogens is 3. The van der Waals surface area contributed by atoms with Gasteiger partial charge < -0.3 is 11.1 Å². The van der Waals surface area contributed by atoms with E-state index in [1.807, 2.05) is 0 Å². The van der Waals surface area contributed by atoms with Crippen LogP contribution in [0.1, 0.15) is 46.2 Å². The maximum Gasteiger partial charge on any atom is 0.435 e. The molecule has 44 heavy (non-hydrogen) atoms. The van der Waals surface area contributed by atoms with Gasteiger partial charge in [-0.15, -0.1) is 0 Å². The van der Waals surface area contributed by atoms with Gasteiger partial charge in [0.15, 0.2) is 5.69 Å². The molecule has 7 nitrogen and oxygen atoms in total. The summed E-state index contributed by atoms with van der Waals surface area (Å²) in [5.41, 5.74) is 5.66. The summed E-state index contributed by atoms with van der Waals surface area (Å²) in [7, 11) is 0. The van der Waals surface area contributed by atoms with Crippen molar-refractivity contribution < 1.29 is 35.9 Å². The second-order valence-electron chi connectivity index (χ2n) is 10.4. The first kappa shape index (κ1) is 30.5. The third-order valence-corrected chi connectivity index (χ3v) is 7.23. The summed E-state index contributed by atoms with van der Waals surface area (Å²) in [6.07, 6.45) is -4.02. The van der Waals surface area contributed by atoms with Crippen LogP contribution in [0.15, 0.2) is 61.3 Å². The summed E-state index contributed by atoms with van der Waals surface area (Å²) in [5.74, 6) is -3.45. The van der Waals surface area contributed by atoms with Gasteiger partial charge in [-0.25, -0.2) is 13.2 Å². The van der Waals surface area contributed by atoms with Crippen LogP contribution in [0.5, 0.6) is 0 Å². The van der Waals surface area contributed by atoms with Crippen LogP contribution in [0.3, 0.4) is 0 Å². The number of benzene rings is 2. The van der Waals surface area contributed by atoms with E-state index < -0.39 is 54.2 Å². The Labute approximate surface area is 247 Å². The van der Waals surface area contributed by atoms with Gasteiger partial charge in [0.05, 0.1) is 11.7 Å². The second-order valence-corrected chi connectivity index (χ2v) is 10.4. The molecule has 0 saturated carbocycles. The number of rotatable bonds is 8. The number of nitrogens with zero attached hydrogens (tertiary/aromatic N) is 3. The molecule has 0 fully saturated rings.